The van der Waals surface area contributed by atoms with Crippen LogP contribution < -0.4 is 16.2 Å². The molecule has 0 unspecified atom stereocenters. The molecule has 0 radical (unpaired) electrons. The minimum absolute atomic E-state index is 0.115. The van der Waals surface area contributed by atoms with Gasteiger partial charge in [-0.05, 0) is 29.8 Å². The zero-order valence-electron chi connectivity index (χ0n) is 13.2. The van der Waals surface area contributed by atoms with Crippen molar-refractivity contribution in [1.82, 2.24) is 0 Å². The van der Waals surface area contributed by atoms with E-state index in [1.807, 2.05) is 36.4 Å². The van der Waals surface area contributed by atoms with E-state index in [4.69, 9.17) is 16.2 Å². The summed E-state index contributed by atoms with van der Waals surface area (Å²) in [6.07, 6.45) is 1.51. The molecule has 0 atom stereocenters. The van der Waals surface area contributed by atoms with Gasteiger partial charge in [-0.1, -0.05) is 24.3 Å². The van der Waals surface area contributed by atoms with E-state index in [0.29, 0.717) is 17.9 Å². The van der Waals surface area contributed by atoms with Crippen LogP contribution in [0.15, 0.2) is 58.7 Å². The second-order valence-corrected chi connectivity index (χ2v) is 4.78. The molecule has 0 aliphatic rings. The molecule has 124 valence electrons. The van der Waals surface area contributed by atoms with Crippen LogP contribution in [-0.4, -0.2) is 25.3 Å². The van der Waals surface area contributed by atoms with Gasteiger partial charge in [0.1, 0.15) is 12.4 Å². The number of guanidine groups is 1. The number of hydrogen-bond acceptors (Lipinski definition) is 5. The molecule has 0 aliphatic heterocycles. The number of methoxy groups -OCH3 is 1. The monoisotopic (exact) mass is 326 g/mol. The third-order valence-electron chi connectivity index (χ3n) is 3.06. The standard InChI is InChI=1S/C17H18N4O3/c1-23-16(22)13-8-6-12(7-9-13)11-24-15-5-3-2-4-14(15)10-20-21-17(18)19/h2-10H,11H2,1H3,(H4,18,19,21)/b20-10-. The molecule has 0 saturated heterocycles. The number of carbonyl (C=O) groups is 1. The highest BCUT2D eigenvalue weighted by molar-refractivity contribution is 5.89. The first-order valence-corrected chi connectivity index (χ1v) is 7.11. The Morgan fingerprint density at radius 2 is 1.83 bits per heavy atom. The van der Waals surface area contributed by atoms with Gasteiger partial charge in [0.15, 0.2) is 0 Å². The normalized spacial score (nSPS) is 10.4. The molecule has 0 aromatic heterocycles. The molecule has 0 bridgehead atoms. The number of nitrogens with zero attached hydrogens (tertiary/aromatic N) is 2. The number of para-hydroxylation sites is 1. The molecule has 2 aromatic rings. The second kappa shape index (κ2) is 8.33. The molecule has 0 heterocycles. The summed E-state index contributed by atoms with van der Waals surface area (Å²) in [7, 11) is 1.35. The number of ether oxygens (including phenoxy) is 2. The molecule has 7 heteroatoms. The van der Waals surface area contributed by atoms with Crippen molar-refractivity contribution in [2.24, 2.45) is 21.7 Å². The van der Waals surface area contributed by atoms with E-state index in [-0.39, 0.29) is 11.9 Å². The number of carbonyl (C=O) groups excluding carboxylic acids is 1. The third kappa shape index (κ3) is 4.84. The summed E-state index contributed by atoms with van der Waals surface area (Å²) in [5.74, 6) is 0.156. The highest BCUT2D eigenvalue weighted by Gasteiger charge is 2.05. The fourth-order valence-corrected chi connectivity index (χ4v) is 1.89. The van der Waals surface area contributed by atoms with Gasteiger partial charge in [0.25, 0.3) is 0 Å². The first kappa shape index (κ1) is 17.0. The molecule has 2 rings (SSSR count). The number of esters is 1. The summed E-state index contributed by atoms with van der Waals surface area (Å²) < 4.78 is 10.5. The number of nitrogens with two attached hydrogens (primary N) is 2. The molecule has 0 aliphatic carbocycles. The smallest absolute Gasteiger partial charge is 0.337 e. The second-order valence-electron chi connectivity index (χ2n) is 4.78. The molecule has 2 aromatic carbocycles. The van der Waals surface area contributed by atoms with Gasteiger partial charge in [0, 0.05) is 5.56 Å². The minimum Gasteiger partial charge on any atom is -0.488 e. The van der Waals surface area contributed by atoms with Crippen LogP contribution in [0.25, 0.3) is 0 Å². The lowest BCUT2D eigenvalue weighted by Gasteiger charge is -2.09. The van der Waals surface area contributed by atoms with Crippen molar-refractivity contribution >= 4 is 18.1 Å². The van der Waals surface area contributed by atoms with Gasteiger partial charge in [0.2, 0.25) is 5.96 Å². The van der Waals surface area contributed by atoms with Crippen LogP contribution in [0.4, 0.5) is 0 Å². The lowest BCUT2D eigenvalue weighted by atomic mass is 10.1. The Morgan fingerprint density at radius 3 is 2.50 bits per heavy atom. The third-order valence-corrected chi connectivity index (χ3v) is 3.06. The Kier molecular flexibility index (Phi) is 5.90. The SMILES string of the molecule is COC(=O)c1ccc(COc2ccccc2/C=N\N=C(N)N)cc1. The number of benzene rings is 2. The minimum atomic E-state index is -0.372. The fourth-order valence-electron chi connectivity index (χ4n) is 1.89. The van der Waals surface area contributed by atoms with Crippen molar-refractivity contribution in [3.63, 3.8) is 0 Å². The largest absolute Gasteiger partial charge is 0.488 e. The molecule has 0 fully saturated rings. The Morgan fingerprint density at radius 1 is 1.12 bits per heavy atom. The van der Waals surface area contributed by atoms with Crippen molar-refractivity contribution in [1.29, 1.82) is 0 Å². The maximum atomic E-state index is 11.4. The Labute approximate surface area is 139 Å². The number of hydrogen-bond donors (Lipinski definition) is 2. The molecule has 7 nitrogen and oxygen atoms in total. The van der Waals surface area contributed by atoms with E-state index in [9.17, 15) is 4.79 Å². The summed E-state index contributed by atoms with van der Waals surface area (Å²) in [4.78, 5) is 11.4. The maximum absolute atomic E-state index is 11.4. The summed E-state index contributed by atoms with van der Waals surface area (Å²) in [6.45, 7) is 0.342. The van der Waals surface area contributed by atoms with E-state index in [1.54, 1.807) is 12.1 Å². The molecule has 0 spiro atoms. The predicted molar refractivity (Wildman–Crippen MR) is 92.0 cm³/mol. The summed E-state index contributed by atoms with van der Waals surface area (Å²) in [6, 6.07) is 14.4. The first-order valence-electron chi connectivity index (χ1n) is 7.11. The van der Waals surface area contributed by atoms with Crippen molar-refractivity contribution in [2.75, 3.05) is 7.11 Å². The zero-order chi connectivity index (χ0) is 17.4. The Hall–Kier alpha value is -3.35. The summed E-state index contributed by atoms with van der Waals surface area (Å²) in [5, 5.41) is 7.33. The maximum Gasteiger partial charge on any atom is 0.337 e. The molecule has 0 amide bonds. The van der Waals surface area contributed by atoms with Crippen LogP contribution in [0.1, 0.15) is 21.5 Å². The van der Waals surface area contributed by atoms with Gasteiger partial charge in [-0.25, -0.2) is 4.79 Å². The average molecular weight is 326 g/mol. The van der Waals surface area contributed by atoms with Crippen molar-refractivity contribution in [3.8, 4) is 5.75 Å². The molecule has 4 N–H and O–H groups in total. The van der Waals surface area contributed by atoms with Crippen LogP contribution >= 0.6 is 0 Å². The fraction of sp³-hybridized carbons (Fsp3) is 0.118. The van der Waals surface area contributed by atoms with Crippen LogP contribution in [0.2, 0.25) is 0 Å². The van der Waals surface area contributed by atoms with Crippen LogP contribution in [0.5, 0.6) is 5.75 Å². The average Bonchev–Trinajstić information content (AvgIpc) is 2.60. The van der Waals surface area contributed by atoms with Crippen molar-refractivity contribution < 1.29 is 14.3 Å². The van der Waals surface area contributed by atoms with Crippen molar-refractivity contribution in [3.05, 3.63) is 65.2 Å². The van der Waals surface area contributed by atoms with Gasteiger partial charge in [-0.15, -0.1) is 5.10 Å². The van der Waals surface area contributed by atoms with E-state index < -0.39 is 0 Å². The lowest BCUT2D eigenvalue weighted by Crippen LogP contribution is -2.21. The van der Waals surface area contributed by atoms with Gasteiger partial charge in [0.05, 0.1) is 18.9 Å². The van der Waals surface area contributed by atoms with Crippen LogP contribution in [0, 0.1) is 0 Å². The van der Waals surface area contributed by atoms with E-state index >= 15 is 0 Å². The van der Waals surface area contributed by atoms with E-state index in [0.717, 1.165) is 11.1 Å². The molecule has 24 heavy (non-hydrogen) atoms. The van der Waals surface area contributed by atoms with Crippen LogP contribution in [0.3, 0.4) is 0 Å². The molecular formula is C17H18N4O3. The predicted octanol–water partition coefficient (Wildman–Crippen LogP) is 1.66. The van der Waals surface area contributed by atoms with Crippen LogP contribution in [-0.2, 0) is 11.3 Å². The van der Waals surface area contributed by atoms with E-state index in [1.165, 1.54) is 13.3 Å². The topological polar surface area (TPSA) is 112 Å². The summed E-state index contributed by atoms with van der Waals surface area (Å²) >= 11 is 0. The summed E-state index contributed by atoms with van der Waals surface area (Å²) in [5.41, 5.74) is 12.6. The number of rotatable bonds is 6. The quantitative estimate of drug-likeness (QED) is 0.363. The highest BCUT2D eigenvalue weighted by Crippen LogP contribution is 2.18. The molecular weight excluding hydrogens is 308 g/mol. The first-order chi connectivity index (χ1) is 11.6. The highest BCUT2D eigenvalue weighted by atomic mass is 16.5. The van der Waals surface area contributed by atoms with Gasteiger partial charge in [-0.2, -0.15) is 5.10 Å². The zero-order valence-corrected chi connectivity index (χ0v) is 13.2. The van der Waals surface area contributed by atoms with Crippen molar-refractivity contribution in [2.45, 2.75) is 6.61 Å². The van der Waals surface area contributed by atoms with Gasteiger partial charge in [-0.3, -0.25) is 0 Å². The molecule has 0 saturated carbocycles. The Bertz CT molecular complexity index is 751. The van der Waals surface area contributed by atoms with E-state index in [2.05, 4.69) is 14.9 Å². The van der Waals surface area contributed by atoms with Gasteiger partial charge >= 0.3 is 5.97 Å². The Balaban J connectivity index is 2.05. The lowest BCUT2D eigenvalue weighted by molar-refractivity contribution is 0.0600. The van der Waals surface area contributed by atoms with Gasteiger partial charge < -0.3 is 20.9 Å².